The Hall–Kier alpha value is -7.83. The van der Waals surface area contributed by atoms with Crippen LogP contribution in [0.4, 0.5) is 36.2 Å². The van der Waals surface area contributed by atoms with Crippen LogP contribution in [0.15, 0.2) is 108 Å². The fraction of sp³-hybridized carbons (Fsp3) is 0.345. The number of urea groups is 1. The lowest BCUT2D eigenvalue weighted by Crippen LogP contribution is -2.44. The first kappa shape index (κ1) is 54.0. The van der Waals surface area contributed by atoms with E-state index in [1.807, 2.05) is 49.3 Å². The van der Waals surface area contributed by atoms with E-state index in [0.717, 1.165) is 17.5 Å². The Bertz CT molecular complexity index is 3030. The summed E-state index contributed by atoms with van der Waals surface area (Å²) in [4.78, 5) is 85.4. The van der Waals surface area contributed by atoms with Gasteiger partial charge in [-0.1, -0.05) is 60.7 Å². The number of nitrogens with two attached hydrogens (primary N) is 1. The van der Waals surface area contributed by atoms with E-state index >= 15 is 0 Å². The van der Waals surface area contributed by atoms with Crippen molar-refractivity contribution in [3.05, 3.63) is 126 Å². The summed E-state index contributed by atoms with van der Waals surface area (Å²) >= 11 is 6.58. The number of nitrogens with one attached hydrogen (secondary N) is 2. The topological polar surface area (TPSA) is 216 Å². The number of rotatable bonds is 19. The van der Waals surface area contributed by atoms with Gasteiger partial charge in [0.05, 0.1) is 23.1 Å². The molecule has 2 heterocycles. The molecule has 18 nitrogen and oxygen atoms in total. The highest BCUT2D eigenvalue weighted by Gasteiger charge is 2.37. The molecule has 4 N–H and O–H groups in total. The Morgan fingerprint density at radius 1 is 0.838 bits per heavy atom. The highest BCUT2D eigenvalue weighted by atomic mass is 35.5. The summed E-state index contributed by atoms with van der Waals surface area (Å²) in [6.45, 7) is 6.79. The molecule has 0 saturated heterocycles. The van der Waals surface area contributed by atoms with E-state index in [4.69, 9.17) is 40.7 Å². The van der Waals surface area contributed by atoms with Gasteiger partial charge in [-0.25, -0.2) is 19.2 Å². The third-order valence-electron chi connectivity index (χ3n) is 12.2. The summed E-state index contributed by atoms with van der Waals surface area (Å²) in [5, 5.41) is 7.25. The zero-order valence-corrected chi connectivity index (χ0v) is 43.3. The van der Waals surface area contributed by atoms with Crippen LogP contribution in [0.2, 0.25) is 0 Å². The highest BCUT2D eigenvalue weighted by Crippen LogP contribution is 2.46. The first-order valence-electron chi connectivity index (χ1n) is 24.1. The molecule has 1 aromatic heterocycles. The summed E-state index contributed by atoms with van der Waals surface area (Å²) < 4.78 is 29.2. The third-order valence-corrected chi connectivity index (χ3v) is 12.6. The second kappa shape index (κ2) is 23.8. The molecule has 6 aromatic rings. The van der Waals surface area contributed by atoms with Gasteiger partial charge in [-0.3, -0.25) is 19.4 Å². The van der Waals surface area contributed by atoms with Crippen molar-refractivity contribution in [1.29, 1.82) is 0 Å². The summed E-state index contributed by atoms with van der Waals surface area (Å²) in [5.41, 5.74) is 8.31. The van der Waals surface area contributed by atoms with Gasteiger partial charge in [-0.15, -0.1) is 11.6 Å². The Balaban J connectivity index is 1.02. The van der Waals surface area contributed by atoms with Crippen LogP contribution in [0.25, 0.3) is 21.7 Å². The minimum absolute atomic E-state index is 0.00635. The number of hydrogen-bond donors (Lipinski definition) is 3. The Morgan fingerprint density at radius 2 is 1.50 bits per heavy atom. The number of carbonyl (C=O) groups excluding carboxylic acids is 6. The smallest absolute Gasteiger partial charge is 0.419 e. The van der Waals surface area contributed by atoms with E-state index in [9.17, 15) is 28.8 Å². The second-order valence-electron chi connectivity index (χ2n) is 19.2. The van der Waals surface area contributed by atoms with Crippen LogP contribution in [-0.2, 0) is 27.3 Å². The summed E-state index contributed by atoms with van der Waals surface area (Å²) in [6, 6.07) is 28.4. The monoisotopic (exact) mass is 1030 g/mol. The molecule has 7 rings (SSSR count). The first-order valence-corrected chi connectivity index (χ1v) is 24.7. The average Bonchev–Trinajstić information content (AvgIpc) is 3.97. The molecule has 0 unspecified atom stereocenters. The maximum Gasteiger partial charge on any atom is 0.419 e. The van der Waals surface area contributed by atoms with E-state index in [-0.39, 0.29) is 67.5 Å². The molecule has 5 aromatic carbocycles. The van der Waals surface area contributed by atoms with Gasteiger partial charge >= 0.3 is 24.3 Å². The van der Waals surface area contributed by atoms with Crippen molar-refractivity contribution in [2.45, 2.75) is 64.2 Å². The molecule has 6 amide bonds. The maximum absolute atomic E-state index is 14.4. The number of fused-ring (bicyclic) bond motifs is 4. The van der Waals surface area contributed by atoms with Crippen molar-refractivity contribution in [1.82, 2.24) is 15.5 Å². The molecule has 390 valence electrons. The standard InChI is InChI=1S/C55H62ClN7O11/c1-55(2,3)74-52(67)59-41(15-12-24-58-51(57)66)45(64)27-34-18-20-35(21-19-34)33-71-53(68)61(6)42-16-10-11-17-43(42)62(7)54(69)73-47-30-44-49(40-14-9-8-13-39(40)47)37(31-56)32-63(44)50(65)48-29-36-28-38(22-23-46(36)72-48)70-26-25-60(4)5/h8-11,13-14,16-23,28-30,37,41H,12,15,24-27,31-33H2,1-7H3,(H,59,67)(H3,57,58,66)/t37-,41+/m1/s1. The summed E-state index contributed by atoms with van der Waals surface area (Å²) in [5.74, 6) is 0.361. The zero-order chi connectivity index (χ0) is 53.3. The molecule has 0 saturated carbocycles. The van der Waals surface area contributed by atoms with Crippen molar-refractivity contribution in [2.75, 3.05) is 75.0 Å². The number of ketones is 1. The fourth-order valence-electron chi connectivity index (χ4n) is 8.50. The van der Waals surface area contributed by atoms with Gasteiger partial charge in [0, 0.05) is 68.8 Å². The van der Waals surface area contributed by atoms with Crippen molar-refractivity contribution in [2.24, 2.45) is 5.73 Å². The number of amides is 6. The van der Waals surface area contributed by atoms with Crippen LogP contribution < -0.4 is 40.5 Å². The largest absolute Gasteiger partial charge is 0.492 e. The van der Waals surface area contributed by atoms with Crippen molar-refractivity contribution < 1.29 is 52.1 Å². The van der Waals surface area contributed by atoms with E-state index in [2.05, 4.69) is 10.6 Å². The maximum atomic E-state index is 14.4. The Kier molecular flexibility index (Phi) is 17.4. The van der Waals surface area contributed by atoms with E-state index in [1.165, 1.54) is 23.9 Å². The predicted molar refractivity (Wildman–Crippen MR) is 284 cm³/mol. The van der Waals surface area contributed by atoms with Gasteiger partial charge in [0.1, 0.15) is 35.9 Å². The van der Waals surface area contributed by atoms with E-state index < -0.39 is 36.0 Å². The molecule has 0 spiro atoms. The normalized spacial score (nSPS) is 13.5. The van der Waals surface area contributed by atoms with Crippen LogP contribution in [0.5, 0.6) is 11.5 Å². The number of alkyl carbamates (subject to hydrolysis) is 1. The van der Waals surface area contributed by atoms with Gasteiger partial charge in [0.25, 0.3) is 5.91 Å². The summed E-state index contributed by atoms with van der Waals surface area (Å²) in [7, 11) is 6.99. The molecular formula is C55H62ClN7O11. The third kappa shape index (κ3) is 13.4. The van der Waals surface area contributed by atoms with Gasteiger partial charge in [0.15, 0.2) is 11.5 Å². The number of carbonyl (C=O) groups is 6. The predicted octanol–water partition coefficient (Wildman–Crippen LogP) is 9.37. The lowest BCUT2D eigenvalue weighted by Gasteiger charge is -2.25. The number of Topliss-reactive ketones (excluding diaryl/α,β-unsaturated/α-hetero) is 1. The number of benzene rings is 5. The van der Waals surface area contributed by atoms with Gasteiger partial charge < -0.3 is 49.5 Å². The minimum atomic E-state index is -0.879. The van der Waals surface area contributed by atoms with E-state index in [0.29, 0.717) is 63.3 Å². The van der Waals surface area contributed by atoms with Crippen LogP contribution in [0.1, 0.15) is 66.8 Å². The Labute approximate surface area is 434 Å². The van der Waals surface area contributed by atoms with Gasteiger partial charge in [-0.2, -0.15) is 0 Å². The zero-order valence-electron chi connectivity index (χ0n) is 42.6. The van der Waals surface area contributed by atoms with Gasteiger partial charge in [0.2, 0.25) is 0 Å². The van der Waals surface area contributed by atoms with Gasteiger partial charge in [-0.05, 0) is 106 Å². The average molecular weight is 1030 g/mol. The number of hydrogen-bond acceptors (Lipinski definition) is 12. The summed E-state index contributed by atoms with van der Waals surface area (Å²) in [6.07, 6.45) is -1.59. The Morgan fingerprint density at radius 3 is 2.16 bits per heavy atom. The SMILES string of the molecule is CN(C)CCOc1ccc2oc(C(=O)N3C[C@@H](CCl)c4c3cc(OC(=O)N(C)c3ccccc3N(C)C(=O)OCc3ccc(CC(=O)[C@H](CCCNC(N)=O)NC(=O)OC(C)(C)C)cc3)c3ccccc43)cc2c1. The van der Waals surface area contributed by atoms with Crippen molar-refractivity contribution in [3.63, 3.8) is 0 Å². The number of nitrogens with zero attached hydrogens (tertiary/aromatic N) is 4. The lowest BCUT2D eigenvalue weighted by atomic mass is 9.95. The molecule has 1 aliphatic heterocycles. The van der Waals surface area contributed by atoms with Crippen molar-refractivity contribution in [3.8, 4) is 11.5 Å². The van der Waals surface area contributed by atoms with E-state index in [1.54, 1.807) is 98.5 Å². The molecule has 1 aliphatic rings. The number of ether oxygens (including phenoxy) is 4. The lowest BCUT2D eigenvalue weighted by molar-refractivity contribution is -0.120. The fourth-order valence-corrected chi connectivity index (χ4v) is 8.75. The first-order chi connectivity index (χ1) is 35.3. The molecule has 0 fully saturated rings. The molecule has 0 radical (unpaired) electrons. The molecular weight excluding hydrogens is 970 g/mol. The minimum Gasteiger partial charge on any atom is -0.492 e. The number of anilines is 3. The highest BCUT2D eigenvalue weighted by molar-refractivity contribution is 6.19. The molecule has 0 aliphatic carbocycles. The quantitative estimate of drug-likeness (QED) is 0.0511. The number of halogens is 1. The number of likely N-dealkylation sites (N-methyl/N-ethyl adjacent to an activating group) is 1. The second-order valence-corrected chi connectivity index (χ2v) is 19.5. The van der Waals surface area contributed by atoms with Crippen LogP contribution >= 0.6 is 11.6 Å². The number of primary amides is 1. The van der Waals surface area contributed by atoms with Crippen molar-refractivity contribution >= 4 is 86.4 Å². The molecule has 74 heavy (non-hydrogen) atoms. The molecule has 19 heteroatoms. The molecule has 0 bridgehead atoms. The number of furan rings is 1. The number of alkyl halides is 1. The number of para-hydroxylation sites is 2. The van der Waals surface area contributed by atoms with Crippen LogP contribution in [0.3, 0.4) is 0 Å². The van der Waals surface area contributed by atoms with Crippen LogP contribution in [-0.4, -0.2) is 113 Å². The van der Waals surface area contributed by atoms with Crippen LogP contribution in [0, 0.1) is 0 Å². The molecule has 2 atom stereocenters.